The van der Waals surface area contributed by atoms with Crippen molar-refractivity contribution in [2.45, 2.75) is 18.3 Å². The van der Waals surface area contributed by atoms with Gasteiger partial charge in [-0.3, -0.25) is 15.0 Å². The Morgan fingerprint density at radius 3 is 2.68 bits per heavy atom. The Hall–Kier alpha value is -2.64. The topological polar surface area (TPSA) is 71.8 Å². The van der Waals surface area contributed by atoms with Crippen LogP contribution in [0.1, 0.15) is 18.0 Å². The molecule has 0 spiro atoms. The molecule has 0 amide bonds. The molecule has 1 aliphatic rings. The summed E-state index contributed by atoms with van der Waals surface area (Å²) >= 11 is 0. The highest BCUT2D eigenvalue weighted by atomic mass is 19.3. The van der Waals surface area contributed by atoms with Gasteiger partial charge in [0.2, 0.25) is 0 Å². The minimum absolute atomic E-state index is 0.0174. The summed E-state index contributed by atoms with van der Waals surface area (Å²) in [6.07, 6.45) is 2.35. The van der Waals surface area contributed by atoms with Gasteiger partial charge in [0, 0.05) is 18.2 Å². The molecule has 8 heteroatoms. The van der Waals surface area contributed by atoms with Gasteiger partial charge in [0.1, 0.15) is 5.52 Å². The average Bonchev–Trinajstić information content (AvgIpc) is 2.93. The molecule has 2 heterocycles. The number of hydrogen-bond acceptors (Lipinski definition) is 4. The number of hydrogen-bond donors (Lipinski definition) is 1. The third-order valence-corrected chi connectivity index (χ3v) is 3.66. The zero-order chi connectivity index (χ0) is 15.5. The summed E-state index contributed by atoms with van der Waals surface area (Å²) in [7, 11) is 0. The molecule has 112 valence electrons. The molecule has 1 unspecified atom stereocenters. The molecule has 1 aromatic carbocycles. The molecule has 22 heavy (non-hydrogen) atoms. The Labute approximate surface area is 120 Å². The summed E-state index contributed by atoms with van der Waals surface area (Å²) in [6, 6.07) is 2.55. The van der Waals surface area contributed by atoms with E-state index in [-0.39, 0.29) is 23.2 Å². The van der Waals surface area contributed by atoms with Gasteiger partial charge in [0.25, 0.3) is 5.92 Å². The third kappa shape index (κ3) is 1.91. The zero-order valence-corrected chi connectivity index (χ0v) is 10.9. The quantitative estimate of drug-likeness (QED) is 0.790. The van der Waals surface area contributed by atoms with E-state index in [2.05, 4.69) is 15.0 Å². The molecule has 1 saturated carbocycles. The van der Waals surface area contributed by atoms with E-state index in [0.29, 0.717) is 11.3 Å². The number of aromatic amines is 1. The van der Waals surface area contributed by atoms with Crippen LogP contribution in [0.2, 0.25) is 0 Å². The molecule has 0 aliphatic heterocycles. The maximum Gasteiger partial charge on any atom is 0.417 e. The van der Waals surface area contributed by atoms with Gasteiger partial charge < -0.3 is 4.42 Å². The summed E-state index contributed by atoms with van der Waals surface area (Å²) in [6.45, 7) is 0. The van der Waals surface area contributed by atoms with Crippen molar-refractivity contribution in [1.29, 1.82) is 0 Å². The molecule has 0 saturated heterocycles. The van der Waals surface area contributed by atoms with Gasteiger partial charge in [0.15, 0.2) is 11.4 Å². The molecule has 1 aliphatic carbocycles. The van der Waals surface area contributed by atoms with Crippen molar-refractivity contribution in [3.05, 3.63) is 46.6 Å². The second kappa shape index (κ2) is 4.19. The monoisotopic (exact) mass is 307 g/mol. The first kappa shape index (κ1) is 13.1. The number of nitrogens with one attached hydrogen (secondary N) is 1. The van der Waals surface area contributed by atoms with E-state index in [4.69, 9.17) is 4.42 Å². The fraction of sp³-hybridized carbons (Fsp3) is 0.214. The Kier molecular flexibility index (Phi) is 2.48. The second-order valence-electron chi connectivity index (χ2n) is 5.16. The molecule has 1 N–H and O–H groups in total. The van der Waals surface area contributed by atoms with Crippen LogP contribution < -0.4 is 5.76 Å². The van der Waals surface area contributed by atoms with Crippen LogP contribution in [0, 0.1) is 5.82 Å². The van der Waals surface area contributed by atoms with Crippen LogP contribution in [0.3, 0.4) is 0 Å². The molecule has 3 aromatic rings. The largest absolute Gasteiger partial charge is 0.417 e. The van der Waals surface area contributed by atoms with Crippen LogP contribution in [0.15, 0.2) is 33.7 Å². The van der Waals surface area contributed by atoms with Crippen molar-refractivity contribution in [2.75, 3.05) is 0 Å². The molecule has 4 rings (SSSR count). The van der Waals surface area contributed by atoms with E-state index in [1.54, 1.807) is 0 Å². The SMILES string of the molecule is O=c1[nH]c2c(F)ccc(-c3cnc(C4CC4(F)F)cn3)c2o1. The fourth-order valence-electron chi connectivity index (χ4n) is 2.39. The number of aromatic nitrogens is 3. The Morgan fingerprint density at radius 1 is 1.27 bits per heavy atom. The molecule has 5 nitrogen and oxygen atoms in total. The molecule has 0 bridgehead atoms. The standard InChI is InChI=1S/C14H8F3N3O2/c15-8-2-1-6(12-11(8)20-13(21)22-12)9-4-19-10(5-18-9)7-3-14(7,16)17/h1-2,4-5,7H,3H2,(H,20,21). The predicted octanol–water partition coefficient (Wildman–Crippen LogP) is 2.84. The van der Waals surface area contributed by atoms with Crippen LogP contribution >= 0.6 is 0 Å². The number of H-pyrrole nitrogens is 1. The lowest BCUT2D eigenvalue weighted by Crippen LogP contribution is -1.97. The Morgan fingerprint density at radius 2 is 2.05 bits per heavy atom. The number of benzene rings is 1. The molecule has 1 atom stereocenters. The van der Waals surface area contributed by atoms with Crippen LogP contribution in [0.5, 0.6) is 0 Å². The van der Waals surface area contributed by atoms with Gasteiger partial charge in [-0.1, -0.05) is 0 Å². The summed E-state index contributed by atoms with van der Waals surface area (Å²) in [4.78, 5) is 21.5. The van der Waals surface area contributed by atoms with E-state index in [9.17, 15) is 18.0 Å². The van der Waals surface area contributed by atoms with Crippen molar-refractivity contribution in [2.24, 2.45) is 0 Å². The number of rotatable bonds is 2. The van der Waals surface area contributed by atoms with E-state index < -0.39 is 23.4 Å². The molecule has 0 radical (unpaired) electrons. The van der Waals surface area contributed by atoms with Gasteiger partial charge in [-0.05, 0) is 12.1 Å². The number of fused-ring (bicyclic) bond motifs is 1. The molecule has 2 aromatic heterocycles. The minimum atomic E-state index is -2.72. The van der Waals surface area contributed by atoms with Gasteiger partial charge in [-0.25, -0.2) is 18.0 Å². The van der Waals surface area contributed by atoms with Crippen LogP contribution in [0.25, 0.3) is 22.4 Å². The van der Waals surface area contributed by atoms with Crippen LogP contribution in [0.4, 0.5) is 13.2 Å². The van der Waals surface area contributed by atoms with Crippen molar-refractivity contribution in [3.63, 3.8) is 0 Å². The Bertz CT molecular complexity index is 931. The lowest BCUT2D eigenvalue weighted by Gasteiger charge is -2.03. The summed E-state index contributed by atoms with van der Waals surface area (Å²) < 4.78 is 44.5. The summed E-state index contributed by atoms with van der Waals surface area (Å²) in [5.74, 6) is -5.03. The number of alkyl halides is 2. The van der Waals surface area contributed by atoms with Crippen LogP contribution in [-0.4, -0.2) is 20.9 Å². The number of halogens is 3. The molecular weight excluding hydrogens is 299 g/mol. The van der Waals surface area contributed by atoms with Gasteiger partial charge in [0.05, 0.1) is 23.5 Å². The first-order valence-electron chi connectivity index (χ1n) is 6.47. The molecular formula is C14H8F3N3O2. The molecule has 1 fully saturated rings. The van der Waals surface area contributed by atoms with E-state index in [1.807, 2.05) is 0 Å². The van der Waals surface area contributed by atoms with E-state index >= 15 is 0 Å². The predicted molar refractivity (Wildman–Crippen MR) is 70.1 cm³/mol. The first-order valence-corrected chi connectivity index (χ1v) is 6.47. The van der Waals surface area contributed by atoms with Crippen molar-refractivity contribution < 1.29 is 17.6 Å². The lowest BCUT2D eigenvalue weighted by atomic mass is 10.1. The number of nitrogens with zero attached hydrogens (tertiary/aromatic N) is 2. The van der Waals surface area contributed by atoms with Gasteiger partial charge in [-0.15, -0.1) is 0 Å². The minimum Gasteiger partial charge on any atom is -0.407 e. The average molecular weight is 307 g/mol. The van der Waals surface area contributed by atoms with Crippen molar-refractivity contribution >= 4 is 11.1 Å². The smallest absolute Gasteiger partial charge is 0.407 e. The highest BCUT2D eigenvalue weighted by Gasteiger charge is 2.58. The maximum absolute atomic E-state index is 13.6. The highest BCUT2D eigenvalue weighted by molar-refractivity contribution is 5.88. The summed E-state index contributed by atoms with van der Waals surface area (Å²) in [5, 5.41) is 0. The number of oxazole rings is 1. The van der Waals surface area contributed by atoms with Crippen LogP contribution in [-0.2, 0) is 0 Å². The van der Waals surface area contributed by atoms with E-state index in [0.717, 1.165) is 6.07 Å². The highest BCUT2D eigenvalue weighted by Crippen LogP contribution is 2.54. The maximum atomic E-state index is 13.6. The normalized spacial score (nSPS) is 19.5. The Balaban J connectivity index is 1.79. The van der Waals surface area contributed by atoms with Crippen molar-refractivity contribution in [3.8, 4) is 11.3 Å². The van der Waals surface area contributed by atoms with E-state index in [1.165, 1.54) is 18.5 Å². The first-order chi connectivity index (χ1) is 10.5. The summed E-state index contributed by atoms with van der Waals surface area (Å²) in [5.41, 5.74) is 0.824. The zero-order valence-electron chi connectivity index (χ0n) is 10.9. The van der Waals surface area contributed by atoms with Gasteiger partial charge in [-0.2, -0.15) is 0 Å². The fourth-order valence-corrected chi connectivity index (χ4v) is 2.39. The third-order valence-electron chi connectivity index (χ3n) is 3.66. The second-order valence-corrected chi connectivity index (χ2v) is 5.16. The van der Waals surface area contributed by atoms with Gasteiger partial charge >= 0.3 is 5.76 Å². The lowest BCUT2D eigenvalue weighted by molar-refractivity contribution is 0.111. The van der Waals surface area contributed by atoms with Crippen molar-refractivity contribution in [1.82, 2.24) is 15.0 Å².